The molecule has 0 saturated heterocycles. The molecule has 2 rings (SSSR count). The lowest BCUT2D eigenvalue weighted by atomic mass is 9.99. The van der Waals surface area contributed by atoms with Crippen molar-refractivity contribution in [2.75, 3.05) is 6.61 Å². The third-order valence-corrected chi connectivity index (χ3v) is 2.58. The summed E-state index contributed by atoms with van der Waals surface area (Å²) in [7, 11) is 0. The summed E-state index contributed by atoms with van der Waals surface area (Å²) in [4.78, 5) is 11.3. The second-order valence-electron chi connectivity index (χ2n) is 3.78. The van der Waals surface area contributed by atoms with Gasteiger partial charge in [0.1, 0.15) is 5.75 Å². The molecule has 0 unspecified atom stereocenters. The smallest absolute Gasteiger partial charge is 0.249 e. The van der Waals surface area contributed by atoms with Gasteiger partial charge in [0.05, 0.1) is 12.2 Å². The minimum atomic E-state index is -0.473. The van der Waals surface area contributed by atoms with Crippen LogP contribution in [-0.2, 0) is 0 Å². The molecule has 0 bridgehead atoms. The first-order valence-corrected chi connectivity index (χ1v) is 5.76. The van der Waals surface area contributed by atoms with Gasteiger partial charge >= 0.3 is 0 Å². The van der Waals surface area contributed by atoms with E-state index in [4.69, 9.17) is 10.5 Å². The van der Waals surface area contributed by atoms with Gasteiger partial charge in [-0.3, -0.25) is 4.79 Å². The Bertz CT molecular complexity index is 547. The predicted octanol–water partition coefficient (Wildman–Crippen LogP) is 2.65. The van der Waals surface area contributed by atoms with Gasteiger partial charge in [0.2, 0.25) is 5.91 Å². The average molecular weight is 240 g/mol. The number of hydrogen-bond donors (Lipinski definition) is 1. The highest BCUT2D eigenvalue weighted by Gasteiger charge is 2.09. The summed E-state index contributed by atoms with van der Waals surface area (Å²) in [6.07, 6.45) is 0. The molecular formula is C15H14NO2. The van der Waals surface area contributed by atoms with Crippen LogP contribution in [0.5, 0.6) is 5.75 Å². The van der Waals surface area contributed by atoms with E-state index in [0.29, 0.717) is 12.2 Å². The van der Waals surface area contributed by atoms with Crippen molar-refractivity contribution >= 4 is 5.91 Å². The lowest BCUT2D eigenvalue weighted by molar-refractivity contribution is 0.100. The standard InChI is InChI=1S/C15H14NO2/c1-2-18-12-9-7-11(8-10-12)13-5-3-4-6-14(13)15(16)17/h3-5,7-10H,2H2,1H3,(H2,16,17). The first-order valence-electron chi connectivity index (χ1n) is 5.76. The highest BCUT2D eigenvalue weighted by atomic mass is 16.5. The maximum atomic E-state index is 11.3. The third-order valence-electron chi connectivity index (χ3n) is 2.58. The normalized spacial score (nSPS) is 10.1. The fraction of sp³-hybridized carbons (Fsp3) is 0.133. The molecule has 1 radical (unpaired) electrons. The van der Waals surface area contributed by atoms with Crippen molar-refractivity contribution in [1.82, 2.24) is 0 Å². The average Bonchev–Trinajstić information content (AvgIpc) is 2.40. The van der Waals surface area contributed by atoms with Crippen molar-refractivity contribution in [1.29, 1.82) is 0 Å². The summed E-state index contributed by atoms with van der Waals surface area (Å²) in [6, 6.07) is 15.8. The van der Waals surface area contributed by atoms with Gasteiger partial charge in [-0.25, -0.2) is 0 Å². The van der Waals surface area contributed by atoms with Crippen LogP contribution in [0.3, 0.4) is 0 Å². The number of rotatable bonds is 4. The second kappa shape index (κ2) is 5.36. The molecule has 0 aliphatic rings. The van der Waals surface area contributed by atoms with E-state index in [1.807, 2.05) is 43.3 Å². The lowest BCUT2D eigenvalue weighted by Gasteiger charge is -2.08. The lowest BCUT2D eigenvalue weighted by Crippen LogP contribution is -2.12. The number of benzene rings is 2. The van der Waals surface area contributed by atoms with E-state index in [1.165, 1.54) is 0 Å². The highest BCUT2D eigenvalue weighted by molar-refractivity contribution is 5.99. The maximum Gasteiger partial charge on any atom is 0.249 e. The number of ether oxygens (including phenoxy) is 1. The highest BCUT2D eigenvalue weighted by Crippen LogP contribution is 2.25. The molecule has 2 aromatic rings. The summed E-state index contributed by atoms with van der Waals surface area (Å²) in [5.41, 5.74) is 7.44. The number of amides is 1. The van der Waals surface area contributed by atoms with E-state index >= 15 is 0 Å². The quantitative estimate of drug-likeness (QED) is 0.893. The zero-order valence-corrected chi connectivity index (χ0v) is 10.1. The Kier molecular flexibility index (Phi) is 3.63. The van der Waals surface area contributed by atoms with E-state index in [-0.39, 0.29) is 0 Å². The van der Waals surface area contributed by atoms with Gasteiger partial charge in [0.25, 0.3) is 0 Å². The van der Waals surface area contributed by atoms with E-state index in [1.54, 1.807) is 6.07 Å². The van der Waals surface area contributed by atoms with Crippen molar-refractivity contribution in [3.05, 3.63) is 54.1 Å². The third kappa shape index (κ3) is 2.51. The summed E-state index contributed by atoms with van der Waals surface area (Å²) in [6.45, 7) is 2.57. The molecule has 2 aromatic carbocycles. The van der Waals surface area contributed by atoms with E-state index < -0.39 is 5.91 Å². The first-order chi connectivity index (χ1) is 8.72. The van der Waals surface area contributed by atoms with Crippen LogP contribution in [0.4, 0.5) is 0 Å². The van der Waals surface area contributed by atoms with Gasteiger partial charge in [-0.1, -0.05) is 30.3 Å². The molecule has 91 valence electrons. The summed E-state index contributed by atoms with van der Waals surface area (Å²) in [5.74, 6) is 0.335. The van der Waals surface area contributed by atoms with Crippen molar-refractivity contribution in [3.8, 4) is 16.9 Å². The number of hydrogen-bond acceptors (Lipinski definition) is 2. The fourth-order valence-electron chi connectivity index (χ4n) is 1.78. The fourth-order valence-corrected chi connectivity index (χ4v) is 1.78. The largest absolute Gasteiger partial charge is 0.494 e. The summed E-state index contributed by atoms with van der Waals surface area (Å²) in [5, 5.41) is 0. The number of nitrogens with two attached hydrogens (primary N) is 1. The molecular weight excluding hydrogens is 226 g/mol. The van der Waals surface area contributed by atoms with Gasteiger partial charge in [-0.2, -0.15) is 0 Å². The van der Waals surface area contributed by atoms with Crippen LogP contribution in [0.2, 0.25) is 0 Å². The molecule has 0 heterocycles. The molecule has 18 heavy (non-hydrogen) atoms. The number of primary amides is 1. The van der Waals surface area contributed by atoms with Crippen molar-refractivity contribution < 1.29 is 9.53 Å². The molecule has 0 spiro atoms. The van der Waals surface area contributed by atoms with Crippen LogP contribution < -0.4 is 10.5 Å². The maximum absolute atomic E-state index is 11.3. The van der Waals surface area contributed by atoms with Crippen molar-refractivity contribution in [2.24, 2.45) is 5.73 Å². The van der Waals surface area contributed by atoms with E-state index in [9.17, 15) is 4.79 Å². The van der Waals surface area contributed by atoms with Gasteiger partial charge in [0.15, 0.2) is 0 Å². The van der Waals surface area contributed by atoms with Gasteiger partial charge in [-0.15, -0.1) is 0 Å². The molecule has 3 heteroatoms. The predicted molar refractivity (Wildman–Crippen MR) is 70.4 cm³/mol. The van der Waals surface area contributed by atoms with E-state index in [0.717, 1.165) is 16.9 Å². The molecule has 0 atom stereocenters. The summed E-state index contributed by atoms with van der Waals surface area (Å²) < 4.78 is 5.37. The van der Waals surface area contributed by atoms with Crippen molar-refractivity contribution in [3.63, 3.8) is 0 Å². The van der Waals surface area contributed by atoms with Crippen LogP contribution >= 0.6 is 0 Å². The van der Waals surface area contributed by atoms with Gasteiger partial charge in [-0.05, 0) is 36.2 Å². The molecule has 3 nitrogen and oxygen atoms in total. The number of carbonyl (C=O) groups is 1. The molecule has 0 aromatic heterocycles. The van der Waals surface area contributed by atoms with Crippen LogP contribution in [0, 0.1) is 6.07 Å². The van der Waals surface area contributed by atoms with Gasteiger partial charge < -0.3 is 10.5 Å². The Balaban J connectivity index is 2.39. The van der Waals surface area contributed by atoms with Crippen LogP contribution in [0.15, 0.2) is 42.5 Å². The van der Waals surface area contributed by atoms with Crippen LogP contribution in [0.25, 0.3) is 11.1 Å². The van der Waals surface area contributed by atoms with Crippen molar-refractivity contribution in [2.45, 2.75) is 6.92 Å². The van der Waals surface area contributed by atoms with Crippen LogP contribution in [0.1, 0.15) is 17.3 Å². The molecule has 0 aliphatic carbocycles. The molecule has 2 N–H and O–H groups in total. The molecule has 0 aliphatic heterocycles. The van der Waals surface area contributed by atoms with E-state index in [2.05, 4.69) is 6.07 Å². The molecule has 0 saturated carbocycles. The minimum absolute atomic E-state index is 0.404. The topological polar surface area (TPSA) is 52.3 Å². The Morgan fingerprint density at radius 1 is 1.28 bits per heavy atom. The Morgan fingerprint density at radius 2 is 2.00 bits per heavy atom. The van der Waals surface area contributed by atoms with Gasteiger partial charge in [0, 0.05) is 0 Å². The second-order valence-corrected chi connectivity index (χ2v) is 3.78. The zero-order valence-electron chi connectivity index (χ0n) is 10.1. The van der Waals surface area contributed by atoms with Crippen LogP contribution in [-0.4, -0.2) is 12.5 Å². The monoisotopic (exact) mass is 240 g/mol. The molecule has 0 fully saturated rings. The Hall–Kier alpha value is -2.29. The summed E-state index contributed by atoms with van der Waals surface area (Å²) >= 11 is 0. The SMILES string of the molecule is CCOc1ccc(-c2ccc[c]c2C(N)=O)cc1. The first kappa shape index (κ1) is 12.2. The number of carbonyl (C=O) groups excluding carboxylic acids is 1. The Morgan fingerprint density at radius 3 is 2.61 bits per heavy atom. The minimum Gasteiger partial charge on any atom is -0.494 e. The molecule has 1 amide bonds. The Labute approximate surface area is 106 Å². The zero-order chi connectivity index (χ0) is 13.0.